The van der Waals surface area contributed by atoms with E-state index in [1.165, 1.54) is 0 Å². The lowest BCUT2D eigenvalue weighted by molar-refractivity contribution is -0.331. The first kappa shape index (κ1) is 9.85. The molecule has 0 aliphatic carbocycles. The summed E-state index contributed by atoms with van der Waals surface area (Å²) in [6.45, 7) is -1.16. The Labute approximate surface area is 68.6 Å². The number of aliphatic hydroxyl groups is 5. The van der Waals surface area contributed by atoms with Crippen molar-refractivity contribution < 1.29 is 30.3 Å². The highest BCUT2D eigenvalue weighted by atomic mass is 16.7. The lowest BCUT2D eigenvalue weighted by Gasteiger charge is -2.40. The van der Waals surface area contributed by atoms with Gasteiger partial charge in [0.05, 0.1) is 13.2 Å². The second kappa shape index (κ2) is 3.25. The van der Waals surface area contributed by atoms with Crippen molar-refractivity contribution in [2.24, 2.45) is 0 Å². The van der Waals surface area contributed by atoms with Gasteiger partial charge in [0.2, 0.25) is 5.79 Å². The van der Waals surface area contributed by atoms with E-state index in [9.17, 15) is 5.11 Å². The Bertz CT molecular complexity index is 162. The van der Waals surface area contributed by atoms with Crippen molar-refractivity contribution in [1.29, 1.82) is 0 Å². The van der Waals surface area contributed by atoms with E-state index in [1.807, 2.05) is 0 Å². The minimum Gasteiger partial charge on any atom is -0.391 e. The van der Waals surface area contributed by atoms with Gasteiger partial charge in [0, 0.05) is 0 Å². The van der Waals surface area contributed by atoms with E-state index >= 15 is 0 Å². The van der Waals surface area contributed by atoms with Crippen LogP contribution in [0, 0.1) is 0 Å². The molecule has 1 saturated heterocycles. The number of hydrogen-bond donors (Lipinski definition) is 5. The summed E-state index contributed by atoms with van der Waals surface area (Å²) in [6.07, 6.45) is -4.45. The zero-order chi connectivity index (χ0) is 9.35. The van der Waals surface area contributed by atoms with Gasteiger partial charge >= 0.3 is 0 Å². The molecule has 1 heterocycles. The Morgan fingerprint density at radius 1 is 1.33 bits per heavy atom. The van der Waals surface area contributed by atoms with Crippen LogP contribution >= 0.6 is 0 Å². The van der Waals surface area contributed by atoms with E-state index in [1.54, 1.807) is 0 Å². The molecule has 0 amide bonds. The molecule has 0 spiro atoms. The van der Waals surface area contributed by atoms with Gasteiger partial charge in [-0.05, 0) is 0 Å². The summed E-state index contributed by atoms with van der Waals surface area (Å²) in [6, 6.07) is 0. The third kappa shape index (κ3) is 1.45. The van der Waals surface area contributed by atoms with Crippen LogP contribution in [0.25, 0.3) is 0 Å². The SMILES string of the molecule is OC[C@@]1(O)OC[C@H](O)C(O)C1O. The first-order chi connectivity index (χ1) is 5.51. The monoisotopic (exact) mass is 180 g/mol. The van der Waals surface area contributed by atoms with Gasteiger partial charge in [-0.2, -0.15) is 0 Å². The number of rotatable bonds is 1. The summed E-state index contributed by atoms with van der Waals surface area (Å²) >= 11 is 0. The van der Waals surface area contributed by atoms with E-state index < -0.39 is 30.7 Å². The Morgan fingerprint density at radius 3 is 2.42 bits per heavy atom. The van der Waals surface area contributed by atoms with Crippen LogP contribution in [0.1, 0.15) is 0 Å². The first-order valence-electron chi connectivity index (χ1n) is 3.52. The van der Waals surface area contributed by atoms with E-state index in [2.05, 4.69) is 4.74 Å². The van der Waals surface area contributed by atoms with Crippen LogP contribution in [0.4, 0.5) is 0 Å². The fraction of sp³-hybridized carbons (Fsp3) is 1.00. The second-order valence-corrected chi connectivity index (χ2v) is 2.82. The lowest BCUT2D eigenvalue weighted by atomic mass is 9.98. The molecule has 1 fully saturated rings. The molecule has 4 atom stereocenters. The third-order valence-corrected chi connectivity index (χ3v) is 1.91. The molecular weight excluding hydrogens is 168 g/mol. The van der Waals surface area contributed by atoms with Crippen LogP contribution < -0.4 is 0 Å². The highest BCUT2D eigenvalue weighted by Gasteiger charge is 2.47. The minimum atomic E-state index is -2.17. The summed E-state index contributed by atoms with van der Waals surface area (Å²) in [4.78, 5) is 0. The highest BCUT2D eigenvalue weighted by Crippen LogP contribution is 2.22. The maximum atomic E-state index is 9.24. The number of ether oxygens (including phenoxy) is 1. The third-order valence-electron chi connectivity index (χ3n) is 1.91. The van der Waals surface area contributed by atoms with Crippen molar-refractivity contribution in [2.75, 3.05) is 13.2 Å². The van der Waals surface area contributed by atoms with Gasteiger partial charge in [0.1, 0.15) is 18.3 Å². The highest BCUT2D eigenvalue weighted by molar-refractivity contribution is 4.90. The van der Waals surface area contributed by atoms with Gasteiger partial charge in [0.25, 0.3) is 0 Å². The van der Waals surface area contributed by atoms with Crippen LogP contribution in [0.15, 0.2) is 0 Å². The molecule has 0 bridgehead atoms. The maximum absolute atomic E-state index is 9.24. The molecule has 0 aromatic heterocycles. The van der Waals surface area contributed by atoms with E-state index in [0.29, 0.717) is 0 Å². The number of aliphatic hydroxyl groups excluding tert-OH is 4. The molecular formula is C6H12O6. The van der Waals surface area contributed by atoms with Gasteiger partial charge in [-0.15, -0.1) is 0 Å². The lowest BCUT2D eigenvalue weighted by Crippen LogP contribution is -2.62. The summed E-state index contributed by atoms with van der Waals surface area (Å²) in [5, 5.41) is 45.0. The fourth-order valence-corrected chi connectivity index (χ4v) is 1.03. The second-order valence-electron chi connectivity index (χ2n) is 2.82. The quantitative estimate of drug-likeness (QED) is 0.290. The summed E-state index contributed by atoms with van der Waals surface area (Å²) in [5.74, 6) is -2.17. The van der Waals surface area contributed by atoms with E-state index in [0.717, 1.165) is 0 Å². The largest absolute Gasteiger partial charge is 0.391 e. The molecule has 6 nitrogen and oxygen atoms in total. The molecule has 0 radical (unpaired) electrons. The van der Waals surface area contributed by atoms with E-state index in [4.69, 9.17) is 20.4 Å². The van der Waals surface area contributed by atoms with Crippen LogP contribution in [0.2, 0.25) is 0 Å². The van der Waals surface area contributed by atoms with Crippen LogP contribution in [-0.4, -0.2) is 62.8 Å². The van der Waals surface area contributed by atoms with Crippen molar-refractivity contribution in [3.8, 4) is 0 Å². The predicted molar refractivity (Wildman–Crippen MR) is 36.0 cm³/mol. The molecule has 6 heteroatoms. The zero-order valence-corrected chi connectivity index (χ0v) is 6.29. The maximum Gasteiger partial charge on any atom is 0.218 e. The van der Waals surface area contributed by atoms with Crippen molar-refractivity contribution >= 4 is 0 Å². The molecule has 72 valence electrons. The Kier molecular flexibility index (Phi) is 2.67. The molecule has 2 unspecified atom stereocenters. The normalized spacial score (nSPS) is 49.2. The zero-order valence-electron chi connectivity index (χ0n) is 6.29. The average Bonchev–Trinajstić information content (AvgIpc) is 2.09. The van der Waals surface area contributed by atoms with Gasteiger partial charge in [-0.25, -0.2) is 0 Å². The van der Waals surface area contributed by atoms with E-state index in [-0.39, 0.29) is 6.61 Å². The molecule has 0 saturated carbocycles. The van der Waals surface area contributed by atoms with Crippen molar-refractivity contribution in [2.45, 2.75) is 24.1 Å². The molecule has 1 aliphatic rings. The smallest absolute Gasteiger partial charge is 0.218 e. The van der Waals surface area contributed by atoms with Crippen LogP contribution in [0.5, 0.6) is 0 Å². The van der Waals surface area contributed by atoms with Gasteiger partial charge < -0.3 is 30.3 Å². The number of hydrogen-bond acceptors (Lipinski definition) is 6. The van der Waals surface area contributed by atoms with Crippen LogP contribution in [0.3, 0.4) is 0 Å². The Balaban J connectivity index is 2.71. The minimum absolute atomic E-state index is 0.324. The predicted octanol–water partition coefficient (Wildman–Crippen LogP) is -3.22. The topological polar surface area (TPSA) is 110 Å². The molecule has 5 N–H and O–H groups in total. The first-order valence-corrected chi connectivity index (χ1v) is 3.52. The van der Waals surface area contributed by atoms with Gasteiger partial charge in [-0.1, -0.05) is 0 Å². The molecule has 0 aromatic carbocycles. The van der Waals surface area contributed by atoms with Crippen molar-refractivity contribution in [3.63, 3.8) is 0 Å². The summed E-state index contributed by atoms with van der Waals surface area (Å²) in [7, 11) is 0. The van der Waals surface area contributed by atoms with Gasteiger partial charge in [-0.3, -0.25) is 0 Å². The van der Waals surface area contributed by atoms with Gasteiger partial charge in [0.15, 0.2) is 0 Å². The summed E-state index contributed by atoms with van der Waals surface area (Å²) in [5.41, 5.74) is 0. The molecule has 1 aliphatic heterocycles. The molecule has 12 heavy (non-hydrogen) atoms. The molecule has 0 aromatic rings. The van der Waals surface area contributed by atoms with Crippen molar-refractivity contribution in [1.82, 2.24) is 0 Å². The standard InChI is InChI=1S/C6H12O6/c7-2-6(11)5(10)4(9)3(8)1-12-6/h3-5,7-11H,1-2H2/t3-,4?,5?,6+/m0/s1. The Hall–Kier alpha value is -0.240. The average molecular weight is 180 g/mol. The van der Waals surface area contributed by atoms with Crippen molar-refractivity contribution in [3.05, 3.63) is 0 Å². The summed E-state index contributed by atoms with van der Waals surface area (Å²) < 4.78 is 4.56. The Morgan fingerprint density at radius 2 is 1.92 bits per heavy atom. The van der Waals surface area contributed by atoms with Crippen LogP contribution in [-0.2, 0) is 4.74 Å². The fourth-order valence-electron chi connectivity index (χ4n) is 1.03. The molecule has 1 rings (SSSR count).